The Labute approximate surface area is 111 Å². The Morgan fingerprint density at radius 2 is 2.11 bits per heavy atom. The molecule has 0 aromatic carbocycles. The normalized spacial score (nSPS) is 14.6. The molecule has 1 aliphatic heterocycles. The van der Waals surface area contributed by atoms with Crippen molar-refractivity contribution in [3.8, 4) is 0 Å². The molecule has 1 fully saturated rings. The lowest BCUT2D eigenvalue weighted by molar-refractivity contribution is 0.847. The third-order valence-electron chi connectivity index (χ3n) is 3.11. The first kappa shape index (κ1) is 11.8. The summed E-state index contributed by atoms with van der Waals surface area (Å²) < 4.78 is 0. The maximum atomic E-state index is 4.48. The van der Waals surface area contributed by atoms with E-state index < -0.39 is 0 Å². The molecular weight excluding hydrogens is 240 g/mol. The molecular formula is C13H16N6. The van der Waals surface area contributed by atoms with Crippen LogP contribution in [0.3, 0.4) is 0 Å². The smallest absolute Gasteiger partial charge is 0.247 e. The Morgan fingerprint density at radius 3 is 2.89 bits per heavy atom. The molecule has 2 aromatic rings. The minimum atomic E-state index is 0.638. The van der Waals surface area contributed by atoms with Gasteiger partial charge in [0, 0.05) is 19.3 Å². The predicted molar refractivity (Wildman–Crippen MR) is 72.8 cm³/mol. The average Bonchev–Trinajstić information content (AvgIpc) is 3.01. The van der Waals surface area contributed by atoms with Crippen molar-refractivity contribution in [2.75, 3.05) is 23.3 Å². The highest BCUT2D eigenvalue weighted by Gasteiger charge is 2.15. The summed E-state index contributed by atoms with van der Waals surface area (Å²) in [6.07, 6.45) is 5.83. The highest BCUT2D eigenvalue weighted by molar-refractivity contribution is 5.39. The zero-order valence-electron chi connectivity index (χ0n) is 10.7. The molecule has 0 aliphatic carbocycles. The molecule has 0 atom stereocenters. The lowest BCUT2D eigenvalue weighted by atomic mass is 10.3. The largest absolute Gasteiger partial charge is 0.363 e. The zero-order chi connectivity index (χ0) is 12.9. The molecule has 0 radical (unpaired) electrons. The first-order chi connectivity index (χ1) is 9.42. The maximum Gasteiger partial charge on any atom is 0.247 e. The van der Waals surface area contributed by atoms with E-state index in [9.17, 15) is 0 Å². The Morgan fingerprint density at radius 1 is 1.21 bits per heavy atom. The monoisotopic (exact) mass is 256 g/mol. The molecule has 0 amide bonds. The fourth-order valence-corrected chi connectivity index (χ4v) is 2.11. The molecule has 2 aromatic heterocycles. The molecule has 3 rings (SSSR count). The van der Waals surface area contributed by atoms with Gasteiger partial charge in [0.15, 0.2) is 5.82 Å². The highest BCUT2D eigenvalue weighted by Crippen LogP contribution is 2.15. The average molecular weight is 256 g/mol. The SMILES string of the molecule is c1ccc(CNc2cnnc(N3CCCC3)n2)nc1. The molecule has 6 nitrogen and oxygen atoms in total. The van der Waals surface area contributed by atoms with Crippen LogP contribution in [0.1, 0.15) is 18.5 Å². The molecule has 19 heavy (non-hydrogen) atoms. The van der Waals surface area contributed by atoms with E-state index >= 15 is 0 Å². The van der Waals surface area contributed by atoms with Crippen LogP contribution in [-0.2, 0) is 6.54 Å². The van der Waals surface area contributed by atoms with Gasteiger partial charge in [-0.3, -0.25) is 4.98 Å². The van der Waals surface area contributed by atoms with Crippen molar-refractivity contribution in [1.82, 2.24) is 20.2 Å². The molecule has 1 aliphatic rings. The van der Waals surface area contributed by atoms with Crippen molar-refractivity contribution in [3.05, 3.63) is 36.3 Å². The molecule has 98 valence electrons. The van der Waals surface area contributed by atoms with Gasteiger partial charge in [0.2, 0.25) is 5.95 Å². The summed E-state index contributed by atoms with van der Waals surface area (Å²) in [4.78, 5) is 10.9. The number of anilines is 2. The van der Waals surface area contributed by atoms with Crippen molar-refractivity contribution in [2.45, 2.75) is 19.4 Å². The molecule has 6 heteroatoms. The summed E-state index contributed by atoms with van der Waals surface area (Å²) in [5.74, 6) is 1.45. The molecule has 3 heterocycles. The summed E-state index contributed by atoms with van der Waals surface area (Å²) >= 11 is 0. The second-order valence-electron chi connectivity index (χ2n) is 4.51. The lowest BCUT2D eigenvalue weighted by Crippen LogP contribution is -2.21. The van der Waals surface area contributed by atoms with Crippen molar-refractivity contribution >= 4 is 11.8 Å². The molecule has 1 N–H and O–H groups in total. The Balaban J connectivity index is 1.66. The van der Waals surface area contributed by atoms with E-state index in [0.717, 1.165) is 24.6 Å². The van der Waals surface area contributed by atoms with Crippen LogP contribution < -0.4 is 10.2 Å². The third kappa shape index (κ3) is 2.96. The summed E-state index contributed by atoms with van der Waals surface area (Å²) in [5.41, 5.74) is 0.976. The van der Waals surface area contributed by atoms with Gasteiger partial charge in [0.25, 0.3) is 0 Å². The van der Waals surface area contributed by atoms with Crippen molar-refractivity contribution in [1.29, 1.82) is 0 Å². The topological polar surface area (TPSA) is 66.8 Å². The van der Waals surface area contributed by atoms with E-state index in [1.807, 2.05) is 18.2 Å². The van der Waals surface area contributed by atoms with Gasteiger partial charge in [-0.2, -0.15) is 10.1 Å². The zero-order valence-corrected chi connectivity index (χ0v) is 10.7. The van der Waals surface area contributed by atoms with Crippen LogP contribution in [0.4, 0.5) is 11.8 Å². The van der Waals surface area contributed by atoms with Gasteiger partial charge in [0.1, 0.15) is 0 Å². The highest BCUT2D eigenvalue weighted by atomic mass is 15.3. The van der Waals surface area contributed by atoms with Gasteiger partial charge in [-0.15, -0.1) is 5.10 Å². The second-order valence-corrected chi connectivity index (χ2v) is 4.51. The minimum Gasteiger partial charge on any atom is -0.363 e. The van der Waals surface area contributed by atoms with E-state index in [1.54, 1.807) is 12.4 Å². The molecule has 0 spiro atoms. The Kier molecular flexibility index (Phi) is 3.49. The predicted octanol–water partition coefficient (Wildman–Crippen LogP) is 1.48. The van der Waals surface area contributed by atoms with E-state index in [4.69, 9.17) is 0 Å². The Bertz CT molecular complexity index is 524. The fourth-order valence-electron chi connectivity index (χ4n) is 2.11. The lowest BCUT2D eigenvalue weighted by Gasteiger charge is -2.14. The van der Waals surface area contributed by atoms with E-state index in [0.29, 0.717) is 12.5 Å². The van der Waals surface area contributed by atoms with Gasteiger partial charge < -0.3 is 10.2 Å². The van der Waals surface area contributed by atoms with Gasteiger partial charge in [-0.25, -0.2) is 0 Å². The maximum absolute atomic E-state index is 4.48. The number of nitrogens with zero attached hydrogens (tertiary/aromatic N) is 5. The fraction of sp³-hybridized carbons (Fsp3) is 0.385. The number of aromatic nitrogens is 4. The number of hydrogen-bond acceptors (Lipinski definition) is 6. The van der Waals surface area contributed by atoms with Gasteiger partial charge in [-0.1, -0.05) is 6.07 Å². The number of hydrogen-bond donors (Lipinski definition) is 1. The van der Waals surface area contributed by atoms with Crippen LogP contribution in [0.25, 0.3) is 0 Å². The van der Waals surface area contributed by atoms with Crippen LogP contribution in [0.5, 0.6) is 0 Å². The van der Waals surface area contributed by atoms with E-state index in [1.165, 1.54) is 12.8 Å². The van der Waals surface area contributed by atoms with E-state index in [2.05, 4.69) is 30.4 Å². The summed E-state index contributed by atoms with van der Waals surface area (Å²) in [7, 11) is 0. The van der Waals surface area contributed by atoms with E-state index in [-0.39, 0.29) is 0 Å². The first-order valence-corrected chi connectivity index (χ1v) is 6.50. The van der Waals surface area contributed by atoms with Crippen LogP contribution in [0.15, 0.2) is 30.6 Å². The quantitative estimate of drug-likeness (QED) is 0.893. The van der Waals surface area contributed by atoms with Crippen molar-refractivity contribution < 1.29 is 0 Å². The van der Waals surface area contributed by atoms with Crippen LogP contribution in [-0.4, -0.2) is 33.3 Å². The van der Waals surface area contributed by atoms with Crippen LogP contribution >= 0.6 is 0 Å². The van der Waals surface area contributed by atoms with Crippen molar-refractivity contribution in [3.63, 3.8) is 0 Å². The number of nitrogens with one attached hydrogen (secondary N) is 1. The third-order valence-corrected chi connectivity index (χ3v) is 3.11. The van der Waals surface area contributed by atoms with Crippen LogP contribution in [0.2, 0.25) is 0 Å². The summed E-state index contributed by atoms with van der Waals surface area (Å²) in [5, 5.41) is 11.3. The summed E-state index contributed by atoms with van der Waals surface area (Å²) in [6, 6.07) is 5.85. The molecule has 1 saturated heterocycles. The summed E-state index contributed by atoms with van der Waals surface area (Å²) in [6.45, 7) is 2.68. The molecule has 0 saturated carbocycles. The van der Waals surface area contributed by atoms with Crippen molar-refractivity contribution in [2.24, 2.45) is 0 Å². The standard InChI is InChI=1S/C13H16N6/c1-2-6-14-11(5-1)9-15-12-10-16-18-13(17-12)19-7-3-4-8-19/h1-2,5-6,10H,3-4,7-9H2,(H,15,17,18). The van der Waals surface area contributed by atoms with Gasteiger partial charge in [0.05, 0.1) is 18.4 Å². The minimum absolute atomic E-state index is 0.638. The van der Waals surface area contributed by atoms with Crippen LogP contribution in [0, 0.1) is 0 Å². The second kappa shape index (κ2) is 5.60. The Hall–Kier alpha value is -2.24. The molecule has 0 bridgehead atoms. The molecule has 0 unspecified atom stereocenters. The number of pyridine rings is 1. The van der Waals surface area contributed by atoms with Gasteiger partial charge in [-0.05, 0) is 25.0 Å². The number of rotatable bonds is 4. The van der Waals surface area contributed by atoms with Gasteiger partial charge >= 0.3 is 0 Å². The first-order valence-electron chi connectivity index (χ1n) is 6.50.